The highest BCUT2D eigenvalue weighted by atomic mass is 31.2. The van der Waals surface area contributed by atoms with Crippen molar-refractivity contribution < 1.29 is 14.4 Å². The van der Waals surface area contributed by atoms with Gasteiger partial charge in [-0.15, -0.1) is 0 Å². The Morgan fingerprint density at radius 2 is 2.13 bits per heavy atom. The second-order valence-corrected chi connectivity index (χ2v) is 4.22. The normalized spacial score (nSPS) is 11.9. The van der Waals surface area contributed by atoms with Crippen molar-refractivity contribution >= 4 is 24.7 Å². The monoisotopic (exact) mass is 229 g/mol. The van der Waals surface area contributed by atoms with E-state index in [9.17, 15) is 4.57 Å². The van der Waals surface area contributed by atoms with Crippen molar-refractivity contribution in [3.8, 4) is 0 Å². The molecule has 0 saturated heterocycles. The van der Waals surface area contributed by atoms with Crippen LogP contribution in [-0.4, -0.2) is 29.3 Å². The summed E-state index contributed by atoms with van der Waals surface area (Å²) < 4.78 is 12.3. The summed E-state index contributed by atoms with van der Waals surface area (Å²) in [7, 11) is -2.68. The number of fused-ring (bicyclic) bond motifs is 1. The summed E-state index contributed by atoms with van der Waals surface area (Å²) in [5.74, 6) is 0.0633. The lowest BCUT2D eigenvalue weighted by Gasteiger charge is -2.07. The molecule has 0 unspecified atom stereocenters. The number of aryl methyl sites for hydroxylation is 1. The van der Waals surface area contributed by atoms with Crippen LogP contribution in [0.2, 0.25) is 0 Å². The summed E-state index contributed by atoms with van der Waals surface area (Å²) >= 11 is 0. The molecular formula is C6H8N5O3P. The van der Waals surface area contributed by atoms with E-state index in [1.807, 2.05) is 5.09 Å². The van der Waals surface area contributed by atoms with Gasteiger partial charge in [-0.05, 0) is 0 Å². The van der Waals surface area contributed by atoms with E-state index in [-0.39, 0.29) is 5.82 Å². The molecule has 15 heavy (non-hydrogen) atoms. The number of hydrogen-bond donors (Lipinski definition) is 3. The van der Waals surface area contributed by atoms with Gasteiger partial charge in [0, 0.05) is 7.05 Å². The van der Waals surface area contributed by atoms with E-state index >= 15 is 0 Å². The first-order valence-corrected chi connectivity index (χ1v) is 5.54. The van der Waals surface area contributed by atoms with Crippen LogP contribution in [0.5, 0.6) is 0 Å². The van der Waals surface area contributed by atoms with Crippen LogP contribution in [0.25, 0.3) is 11.2 Å². The highest BCUT2D eigenvalue weighted by Crippen LogP contribution is 2.36. The van der Waals surface area contributed by atoms with E-state index in [0.717, 1.165) is 0 Å². The maximum atomic E-state index is 10.8. The van der Waals surface area contributed by atoms with Gasteiger partial charge in [0.2, 0.25) is 0 Å². The van der Waals surface area contributed by atoms with Crippen molar-refractivity contribution in [3.05, 3.63) is 12.7 Å². The first-order valence-electron chi connectivity index (χ1n) is 3.93. The predicted octanol–water partition coefficient (Wildman–Crippen LogP) is -0.132. The molecule has 0 amide bonds. The second-order valence-electron chi connectivity index (χ2n) is 2.91. The van der Waals surface area contributed by atoms with Gasteiger partial charge in [-0.2, -0.15) is 0 Å². The number of imidazole rings is 1. The molecule has 0 spiro atoms. The smallest absolute Gasteiger partial charge is 0.329 e. The van der Waals surface area contributed by atoms with Gasteiger partial charge in [-0.25, -0.2) is 19.5 Å². The van der Waals surface area contributed by atoms with Crippen molar-refractivity contribution in [1.29, 1.82) is 0 Å². The SMILES string of the molecule is Cn1cnc2ncnc(NP(=O)(O)O)c21. The van der Waals surface area contributed by atoms with E-state index in [2.05, 4.69) is 15.0 Å². The van der Waals surface area contributed by atoms with Crippen molar-refractivity contribution in [1.82, 2.24) is 19.5 Å². The van der Waals surface area contributed by atoms with Gasteiger partial charge in [0.15, 0.2) is 11.5 Å². The maximum absolute atomic E-state index is 10.8. The van der Waals surface area contributed by atoms with Crippen LogP contribution in [0.4, 0.5) is 5.82 Å². The van der Waals surface area contributed by atoms with Crippen molar-refractivity contribution in [2.45, 2.75) is 0 Å². The number of aromatic nitrogens is 4. The standard InChI is InChI=1S/C6H8N5O3P/c1-11-3-9-5-4(11)6(8-2-7-5)10-15(12,13)14/h2-3H,1H3,(H3,7,8,10,12,13,14). The number of nitrogens with one attached hydrogen (secondary N) is 1. The van der Waals surface area contributed by atoms with Crippen LogP contribution in [0.1, 0.15) is 0 Å². The predicted molar refractivity (Wildman–Crippen MR) is 52.0 cm³/mol. The Kier molecular flexibility index (Phi) is 2.18. The third kappa shape index (κ3) is 1.96. The van der Waals surface area contributed by atoms with Gasteiger partial charge in [0.25, 0.3) is 0 Å². The third-order valence-electron chi connectivity index (χ3n) is 1.76. The topological polar surface area (TPSA) is 113 Å². The molecule has 0 saturated carbocycles. The van der Waals surface area contributed by atoms with E-state index < -0.39 is 7.75 Å². The largest absolute Gasteiger partial charge is 0.428 e. The zero-order valence-corrected chi connectivity index (χ0v) is 8.59. The molecule has 3 N–H and O–H groups in total. The van der Waals surface area contributed by atoms with Gasteiger partial charge >= 0.3 is 7.75 Å². The maximum Gasteiger partial charge on any atom is 0.428 e. The lowest BCUT2D eigenvalue weighted by atomic mass is 10.5. The molecule has 0 aliphatic rings. The molecule has 80 valence electrons. The zero-order valence-electron chi connectivity index (χ0n) is 7.69. The average molecular weight is 229 g/mol. The Labute approximate surface area is 84.2 Å². The summed E-state index contributed by atoms with van der Waals surface area (Å²) in [6, 6.07) is 0. The Balaban J connectivity index is 2.60. The fraction of sp³-hybridized carbons (Fsp3) is 0.167. The highest BCUT2D eigenvalue weighted by molar-refractivity contribution is 7.53. The van der Waals surface area contributed by atoms with Gasteiger partial charge in [-0.1, -0.05) is 0 Å². The fourth-order valence-corrected chi connectivity index (χ4v) is 1.65. The summed E-state index contributed by atoms with van der Waals surface area (Å²) in [5.41, 5.74) is 0.823. The van der Waals surface area contributed by atoms with Crippen LogP contribution >= 0.6 is 7.75 Å². The summed E-state index contributed by atoms with van der Waals surface area (Å²) in [4.78, 5) is 29.1. The number of hydrogen-bond acceptors (Lipinski definition) is 4. The molecule has 0 bridgehead atoms. The van der Waals surface area contributed by atoms with Gasteiger partial charge in [0.1, 0.15) is 11.8 Å². The first kappa shape index (κ1) is 10.0. The molecule has 0 aliphatic heterocycles. The number of rotatable bonds is 2. The molecule has 2 heterocycles. The minimum absolute atomic E-state index is 0.0633. The molecule has 0 fully saturated rings. The quantitative estimate of drug-likeness (QED) is 0.614. The van der Waals surface area contributed by atoms with Crippen LogP contribution in [0.15, 0.2) is 12.7 Å². The van der Waals surface area contributed by atoms with E-state index in [1.54, 1.807) is 11.6 Å². The van der Waals surface area contributed by atoms with E-state index in [4.69, 9.17) is 9.79 Å². The molecular weight excluding hydrogens is 221 g/mol. The van der Waals surface area contributed by atoms with E-state index in [1.165, 1.54) is 12.7 Å². The molecule has 2 aromatic rings. The lowest BCUT2D eigenvalue weighted by Crippen LogP contribution is -2.00. The average Bonchev–Trinajstić information content (AvgIpc) is 2.46. The summed E-state index contributed by atoms with van der Waals surface area (Å²) in [5, 5.41) is 2.01. The van der Waals surface area contributed by atoms with Crippen molar-refractivity contribution in [2.24, 2.45) is 7.05 Å². The van der Waals surface area contributed by atoms with Crippen LogP contribution < -0.4 is 5.09 Å². The minimum Gasteiger partial charge on any atom is -0.329 e. The van der Waals surface area contributed by atoms with Crippen molar-refractivity contribution in [2.75, 3.05) is 5.09 Å². The molecule has 0 aliphatic carbocycles. The number of nitrogens with zero attached hydrogens (tertiary/aromatic N) is 4. The van der Waals surface area contributed by atoms with Crippen LogP contribution in [0, 0.1) is 0 Å². The molecule has 2 rings (SSSR count). The van der Waals surface area contributed by atoms with Crippen LogP contribution in [0.3, 0.4) is 0 Å². The first-order chi connectivity index (χ1) is 6.97. The molecule has 2 aromatic heterocycles. The Morgan fingerprint density at radius 1 is 1.40 bits per heavy atom. The Morgan fingerprint density at radius 3 is 2.80 bits per heavy atom. The van der Waals surface area contributed by atoms with Crippen molar-refractivity contribution in [3.63, 3.8) is 0 Å². The van der Waals surface area contributed by atoms with Crippen LogP contribution in [-0.2, 0) is 11.6 Å². The van der Waals surface area contributed by atoms with Gasteiger partial charge in [-0.3, -0.25) is 5.09 Å². The van der Waals surface area contributed by atoms with Gasteiger partial charge in [0.05, 0.1) is 6.33 Å². The lowest BCUT2D eigenvalue weighted by molar-refractivity contribution is 0.380. The summed E-state index contributed by atoms with van der Waals surface area (Å²) in [6.45, 7) is 0. The number of anilines is 1. The Bertz CT molecular complexity index is 547. The second kappa shape index (κ2) is 3.27. The molecule has 0 atom stereocenters. The van der Waals surface area contributed by atoms with Gasteiger partial charge < -0.3 is 14.4 Å². The Hall–Kier alpha value is -1.50. The molecule has 0 aromatic carbocycles. The minimum atomic E-state index is -4.37. The molecule has 0 radical (unpaired) electrons. The highest BCUT2D eigenvalue weighted by Gasteiger charge is 2.17. The zero-order chi connectivity index (χ0) is 11.1. The van der Waals surface area contributed by atoms with E-state index in [0.29, 0.717) is 11.2 Å². The molecule has 9 heteroatoms. The molecule has 8 nitrogen and oxygen atoms in total. The summed E-state index contributed by atoms with van der Waals surface area (Å²) in [6.07, 6.45) is 2.68. The fourth-order valence-electron chi connectivity index (χ4n) is 1.21. The third-order valence-corrected chi connectivity index (χ3v) is 2.26.